The molecule has 0 aromatic heterocycles. The number of carbonyl (C=O) groups is 4. The van der Waals surface area contributed by atoms with E-state index in [-0.39, 0.29) is 13.0 Å². The van der Waals surface area contributed by atoms with E-state index in [1.807, 2.05) is 19.1 Å². The van der Waals surface area contributed by atoms with E-state index < -0.39 is 41.7 Å². The summed E-state index contributed by atoms with van der Waals surface area (Å²) in [7, 11) is 1.42. The Labute approximate surface area is 185 Å². The number of hydrogen-bond donors (Lipinski definition) is 2. The van der Waals surface area contributed by atoms with Crippen LogP contribution in [0.3, 0.4) is 0 Å². The molecule has 1 atom stereocenters. The summed E-state index contributed by atoms with van der Waals surface area (Å²) in [5.41, 5.74) is 0.711. The number of carbonyl (C=O) groups excluding carboxylic acids is 4. The number of anilines is 1. The van der Waals surface area contributed by atoms with Crippen molar-refractivity contribution in [2.24, 2.45) is 0 Å². The summed E-state index contributed by atoms with van der Waals surface area (Å²) in [5, 5.41) is 5.33. The van der Waals surface area contributed by atoms with Crippen molar-refractivity contribution < 1.29 is 23.6 Å². The second kappa shape index (κ2) is 9.17. The van der Waals surface area contributed by atoms with E-state index in [0.29, 0.717) is 11.3 Å². The van der Waals surface area contributed by atoms with Gasteiger partial charge in [-0.15, -0.1) is 0 Å². The van der Waals surface area contributed by atoms with Gasteiger partial charge < -0.3 is 15.5 Å². The summed E-state index contributed by atoms with van der Waals surface area (Å²) < 4.78 is 13.3. The van der Waals surface area contributed by atoms with Crippen LogP contribution in [0.15, 0.2) is 48.5 Å². The second-order valence-corrected chi connectivity index (χ2v) is 7.75. The molecule has 0 spiro atoms. The van der Waals surface area contributed by atoms with E-state index in [9.17, 15) is 23.6 Å². The molecule has 0 saturated carbocycles. The zero-order chi connectivity index (χ0) is 23.5. The van der Waals surface area contributed by atoms with Crippen LogP contribution in [0.4, 0.5) is 14.9 Å². The van der Waals surface area contributed by atoms with Crippen LogP contribution in [0.1, 0.15) is 24.5 Å². The van der Waals surface area contributed by atoms with E-state index in [1.165, 1.54) is 31.3 Å². The maximum atomic E-state index is 13.3. The monoisotopic (exact) mass is 440 g/mol. The van der Waals surface area contributed by atoms with Crippen LogP contribution in [0.5, 0.6) is 0 Å². The van der Waals surface area contributed by atoms with Crippen molar-refractivity contribution in [1.29, 1.82) is 0 Å². The number of benzene rings is 2. The summed E-state index contributed by atoms with van der Waals surface area (Å²) in [4.78, 5) is 52.5. The van der Waals surface area contributed by atoms with Crippen molar-refractivity contribution in [2.75, 3.05) is 25.5 Å². The van der Waals surface area contributed by atoms with E-state index in [0.717, 1.165) is 15.4 Å². The number of likely N-dealkylation sites (N-methyl/N-ethyl adjacent to an activating group) is 1. The number of hydrogen-bond acceptors (Lipinski definition) is 4. The van der Waals surface area contributed by atoms with Crippen LogP contribution in [-0.4, -0.2) is 53.7 Å². The average molecular weight is 440 g/mol. The van der Waals surface area contributed by atoms with Crippen LogP contribution in [-0.2, 0) is 19.9 Å². The molecule has 2 aromatic carbocycles. The summed E-state index contributed by atoms with van der Waals surface area (Å²) >= 11 is 0. The molecule has 1 heterocycles. The highest BCUT2D eigenvalue weighted by Gasteiger charge is 2.51. The third-order valence-electron chi connectivity index (χ3n) is 5.48. The fourth-order valence-corrected chi connectivity index (χ4v) is 3.54. The Morgan fingerprint density at radius 3 is 2.31 bits per heavy atom. The van der Waals surface area contributed by atoms with E-state index in [2.05, 4.69) is 10.6 Å². The van der Waals surface area contributed by atoms with Gasteiger partial charge in [0.1, 0.15) is 17.9 Å². The fourth-order valence-electron chi connectivity index (χ4n) is 3.54. The van der Waals surface area contributed by atoms with Gasteiger partial charge in [0.15, 0.2) is 0 Å². The normalized spacial score (nSPS) is 17.8. The van der Waals surface area contributed by atoms with Gasteiger partial charge in [0.05, 0.1) is 6.54 Å². The highest BCUT2D eigenvalue weighted by molar-refractivity contribution is 6.09. The Morgan fingerprint density at radius 1 is 1.09 bits per heavy atom. The van der Waals surface area contributed by atoms with Gasteiger partial charge in [-0.05, 0) is 43.2 Å². The molecule has 5 amide bonds. The topological polar surface area (TPSA) is 98.8 Å². The number of nitrogens with zero attached hydrogens (tertiary/aromatic N) is 2. The van der Waals surface area contributed by atoms with Crippen LogP contribution < -0.4 is 10.6 Å². The number of halogens is 1. The quantitative estimate of drug-likeness (QED) is 0.646. The number of aryl methyl sites for hydroxylation is 1. The number of imide groups is 1. The lowest BCUT2D eigenvalue weighted by atomic mass is 9.87. The predicted octanol–water partition coefficient (Wildman–Crippen LogP) is 2.39. The minimum absolute atomic E-state index is 0.225. The Kier molecular flexibility index (Phi) is 6.57. The third kappa shape index (κ3) is 4.61. The van der Waals surface area contributed by atoms with Crippen LogP contribution in [0, 0.1) is 12.7 Å². The van der Waals surface area contributed by atoms with Crippen LogP contribution in [0.2, 0.25) is 0 Å². The molecule has 0 radical (unpaired) electrons. The molecular formula is C23H25FN4O4. The SMILES string of the molecule is CCC1(c2ccc(F)cc2)NC(=O)N(CC(=O)N(C)CC(=O)Nc2ccc(C)cc2)C1=O. The van der Waals surface area contributed by atoms with Crippen molar-refractivity contribution in [3.8, 4) is 0 Å². The summed E-state index contributed by atoms with van der Waals surface area (Å²) in [6.07, 6.45) is 0.225. The maximum Gasteiger partial charge on any atom is 0.325 e. The van der Waals surface area contributed by atoms with Crippen molar-refractivity contribution in [3.63, 3.8) is 0 Å². The van der Waals surface area contributed by atoms with Gasteiger partial charge in [-0.2, -0.15) is 0 Å². The molecule has 2 N–H and O–H groups in total. The van der Waals surface area contributed by atoms with Crippen LogP contribution >= 0.6 is 0 Å². The van der Waals surface area contributed by atoms with Crippen molar-refractivity contribution in [3.05, 3.63) is 65.5 Å². The highest BCUT2D eigenvalue weighted by atomic mass is 19.1. The number of nitrogens with one attached hydrogen (secondary N) is 2. The second-order valence-electron chi connectivity index (χ2n) is 7.75. The summed E-state index contributed by atoms with van der Waals surface area (Å²) in [6.45, 7) is 2.89. The lowest BCUT2D eigenvalue weighted by Gasteiger charge is -2.26. The maximum absolute atomic E-state index is 13.3. The molecule has 8 nitrogen and oxygen atoms in total. The molecule has 1 aliphatic heterocycles. The van der Waals surface area contributed by atoms with Gasteiger partial charge in [-0.25, -0.2) is 9.18 Å². The lowest BCUT2D eigenvalue weighted by Crippen LogP contribution is -2.46. The Balaban J connectivity index is 1.65. The largest absolute Gasteiger partial charge is 0.335 e. The molecule has 1 fully saturated rings. The molecular weight excluding hydrogens is 415 g/mol. The van der Waals surface area contributed by atoms with Gasteiger partial charge in [0, 0.05) is 12.7 Å². The van der Waals surface area contributed by atoms with E-state index >= 15 is 0 Å². The molecule has 3 rings (SSSR count). The molecule has 2 aromatic rings. The smallest absolute Gasteiger partial charge is 0.325 e. The minimum Gasteiger partial charge on any atom is -0.335 e. The van der Waals surface area contributed by atoms with Gasteiger partial charge >= 0.3 is 6.03 Å². The van der Waals surface area contributed by atoms with Crippen molar-refractivity contribution >= 4 is 29.4 Å². The molecule has 1 aliphatic rings. The van der Waals surface area contributed by atoms with Crippen molar-refractivity contribution in [2.45, 2.75) is 25.8 Å². The molecule has 168 valence electrons. The van der Waals surface area contributed by atoms with E-state index in [4.69, 9.17) is 0 Å². The van der Waals surface area contributed by atoms with Gasteiger partial charge in [0.25, 0.3) is 5.91 Å². The zero-order valence-electron chi connectivity index (χ0n) is 18.1. The molecule has 9 heteroatoms. The Bertz CT molecular complexity index is 1040. The number of urea groups is 1. The molecule has 1 saturated heterocycles. The third-order valence-corrected chi connectivity index (χ3v) is 5.48. The standard InChI is InChI=1S/C23H25FN4O4/c1-4-23(16-7-9-17(24)10-8-16)21(31)28(22(32)26-23)14-20(30)27(3)13-19(29)25-18-11-5-15(2)6-12-18/h5-12H,4,13-14H2,1-3H3,(H,25,29)(H,26,32). The van der Waals surface area contributed by atoms with Crippen LogP contribution in [0.25, 0.3) is 0 Å². The van der Waals surface area contributed by atoms with Gasteiger partial charge in [0.2, 0.25) is 11.8 Å². The molecule has 0 bridgehead atoms. The molecule has 1 unspecified atom stereocenters. The summed E-state index contributed by atoms with van der Waals surface area (Å²) in [6, 6.07) is 11.8. The van der Waals surface area contributed by atoms with Gasteiger partial charge in [-0.3, -0.25) is 19.3 Å². The highest BCUT2D eigenvalue weighted by Crippen LogP contribution is 2.32. The zero-order valence-corrected chi connectivity index (χ0v) is 18.1. The van der Waals surface area contributed by atoms with Gasteiger partial charge in [-0.1, -0.05) is 36.8 Å². The first-order chi connectivity index (χ1) is 15.2. The number of rotatable bonds is 7. The Hall–Kier alpha value is -3.75. The summed E-state index contributed by atoms with van der Waals surface area (Å²) in [5.74, 6) is -2.04. The average Bonchev–Trinajstić information content (AvgIpc) is 3.00. The number of amides is 5. The fraction of sp³-hybridized carbons (Fsp3) is 0.304. The first-order valence-electron chi connectivity index (χ1n) is 10.2. The molecule has 32 heavy (non-hydrogen) atoms. The predicted molar refractivity (Wildman–Crippen MR) is 116 cm³/mol. The Morgan fingerprint density at radius 2 is 1.72 bits per heavy atom. The lowest BCUT2D eigenvalue weighted by molar-refractivity contribution is -0.139. The first kappa shape index (κ1) is 22.9. The minimum atomic E-state index is -1.37. The van der Waals surface area contributed by atoms with E-state index in [1.54, 1.807) is 19.1 Å². The first-order valence-corrected chi connectivity index (χ1v) is 10.2. The molecule has 0 aliphatic carbocycles. The van der Waals surface area contributed by atoms with Crippen molar-refractivity contribution in [1.82, 2.24) is 15.1 Å².